The van der Waals surface area contributed by atoms with Gasteiger partial charge in [-0.1, -0.05) is 30.3 Å². The predicted octanol–water partition coefficient (Wildman–Crippen LogP) is 2.88. The zero-order valence-corrected chi connectivity index (χ0v) is 8.57. The van der Waals surface area contributed by atoms with Crippen molar-refractivity contribution in [1.82, 2.24) is 0 Å². The topological polar surface area (TPSA) is 37.3 Å². The van der Waals surface area contributed by atoms with Crippen molar-refractivity contribution < 1.29 is 9.90 Å². The lowest BCUT2D eigenvalue weighted by Crippen LogP contribution is -2.00. The van der Waals surface area contributed by atoms with Gasteiger partial charge in [-0.05, 0) is 36.0 Å². The van der Waals surface area contributed by atoms with Crippen molar-refractivity contribution in [2.24, 2.45) is 0 Å². The average molecular weight is 202 g/mol. The first-order valence-electron chi connectivity index (χ1n) is 5.26. The Bertz CT molecular complexity index is 405. The van der Waals surface area contributed by atoms with Gasteiger partial charge in [-0.2, -0.15) is 0 Å². The minimum atomic E-state index is -0.771. The van der Waals surface area contributed by atoms with Gasteiger partial charge in [0.05, 0.1) is 6.42 Å². The molecule has 78 valence electrons. The Morgan fingerprint density at radius 2 is 2.27 bits per heavy atom. The fourth-order valence-electron chi connectivity index (χ4n) is 1.99. The van der Waals surface area contributed by atoms with E-state index in [1.54, 1.807) is 0 Å². The maximum Gasteiger partial charge on any atom is 0.307 e. The third-order valence-electron chi connectivity index (χ3n) is 2.69. The molecular weight excluding hydrogens is 188 g/mol. The van der Waals surface area contributed by atoms with E-state index in [0.29, 0.717) is 0 Å². The molecule has 0 fully saturated rings. The molecule has 1 aliphatic carbocycles. The number of carbonyl (C=O) groups is 1. The molecule has 0 aliphatic heterocycles. The van der Waals surface area contributed by atoms with Crippen molar-refractivity contribution in [3.05, 3.63) is 41.5 Å². The zero-order valence-electron chi connectivity index (χ0n) is 8.57. The second kappa shape index (κ2) is 4.30. The number of carboxylic acids is 1. The van der Waals surface area contributed by atoms with Crippen LogP contribution in [0.25, 0.3) is 5.57 Å². The lowest BCUT2D eigenvalue weighted by Gasteiger charge is -2.04. The highest BCUT2D eigenvalue weighted by molar-refractivity contribution is 5.72. The van der Waals surface area contributed by atoms with Gasteiger partial charge in [-0.3, -0.25) is 4.79 Å². The molecule has 0 atom stereocenters. The summed E-state index contributed by atoms with van der Waals surface area (Å²) in [5.41, 5.74) is 3.43. The smallest absolute Gasteiger partial charge is 0.307 e. The molecular formula is C13H14O2. The number of hydrogen-bond donors (Lipinski definition) is 1. The molecule has 15 heavy (non-hydrogen) atoms. The van der Waals surface area contributed by atoms with Crippen LogP contribution in [0.15, 0.2) is 30.3 Å². The Morgan fingerprint density at radius 3 is 2.93 bits per heavy atom. The fourth-order valence-corrected chi connectivity index (χ4v) is 1.99. The highest BCUT2D eigenvalue weighted by atomic mass is 16.4. The number of benzene rings is 1. The minimum Gasteiger partial charge on any atom is -0.481 e. The Balaban J connectivity index is 2.22. The van der Waals surface area contributed by atoms with Crippen LogP contribution >= 0.6 is 0 Å². The molecule has 0 amide bonds. The van der Waals surface area contributed by atoms with Crippen molar-refractivity contribution in [3.63, 3.8) is 0 Å². The molecule has 1 aromatic rings. The second-order valence-corrected chi connectivity index (χ2v) is 3.89. The van der Waals surface area contributed by atoms with Crippen LogP contribution in [0.1, 0.15) is 30.4 Å². The molecule has 1 aromatic carbocycles. The number of rotatable bonds is 3. The normalized spacial score (nSPS) is 15.1. The molecule has 1 aliphatic rings. The van der Waals surface area contributed by atoms with Gasteiger partial charge in [0.1, 0.15) is 0 Å². The summed E-state index contributed by atoms with van der Waals surface area (Å²) < 4.78 is 0. The molecule has 0 aromatic heterocycles. The summed E-state index contributed by atoms with van der Waals surface area (Å²) >= 11 is 0. The average Bonchev–Trinajstić information content (AvgIpc) is 2.69. The van der Waals surface area contributed by atoms with Crippen LogP contribution in [0.5, 0.6) is 0 Å². The van der Waals surface area contributed by atoms with Crippen molar-refractivity contribution in [2.75, 3.05) is 0 Å². The van der Waals surface area contributed by atoms with Gasteiger partial charge < -0.3 is 5.11 Å². The highest BCUT2D eigenvalue weighted by Crippen LogP contribution is 2.27. The first-order valence-corrected chi connectivity index (χ1v) is 5.26. The zero-order chi connectivity index (χ0) is 10.7. The van der Waals surface area contributed by atoms with Gasteiger partial charge in [-0.15, -0.1) is 0 Å². The molecule has 2 nitrogen and oxygen atoms in total. The van der Waals surface area contributed by atoms with Crippen molar-refractivity contribution in [1.29, 1.82) is 0 Å². The molecule has 0 saturated heterocycles. The van der Waals surface area contributed by atoms with Crippen LogP contribution in [0.3, 0.4) is 0 Å². The fraction of sp³-hybridized carbons (Fsp3) is 0.308. The van der Waals surface area contributed by atoms with E-state index in [4.69, 9.17) is 5.11 Å². The molecule has 0 bridgehead atoms. The summed E-state index contributed by atoms with van der Waals surface area (Å²) in [4.78, 5) is 10.6. The maximum atomic E-state index is 10.6. The molecule has 2 heteroatoms. The van der Waals surface area contributed by atoms with Crippen LogP contribution in [0.2, 0.25) is 0 Å². The van der Waals surface area contributed by atoms with E-state index < -0.39 is 5.97 Å². The maximum absolute atomic E-state index is 10.6. The lowest BCUT2D eigenvalue weighted by atomic mass is 10.0. The van der Waals surface area contributed by atoms with Gasteiger partial charge >= 0.3 is 5.97 Å². The van der Waals surface area contributed by atoms with Crippen molar-refractivity contribution in [2.45, 2.75) is 25.7 Å². The van der Waals surface area contributed by atoms with Crippen LogP contribution < -0.4 is 0 Å². The molecule has 0 unspecified atom stereocenters. The number of allylic oxidation sites excluding steroid dienone is 2. The van der Waals surface area contributed by atoms with E-state index >= 15 is 0 Å². The van der Waals surface area contributed by atoms with Crippen molar-refractivity contribution in [3.8, 4) is 0 Å². The van der Waals surface area contributed by atoms with Gasteiger partial charge in [0.15, 0.2) is 0 Å². The van der Waals surface area contributed by atoms with Gasteiger partial charge in [-0.25, -0.2) is 0 Å². The summed E-state index contributed by atoms with van der Waals surface area (Å²) in [5, 5.41) is 8.71. The first kappa shape index (κ1) is 9.97. The van der Waals surface area contributed by atoms with Crippen LogP contribution in [0, 0.1) is 0 Å². The molecule has 1 N–H and O–H groups in total. The van der Waals surface area contributed by atoms with Crippen LogP contribution in [-0.2, 0) is 11.2 Å². The van der Waals surface area contributed by atoms with E-state index in [9.17, 15) is 4.79 Å². The monoisotopic (exact) mass is 202 g/mol. The minimum absolute atomic E-state index is 0.112. The summed E-state index contributed by atoms with van der Waals surface area (Å²) in [6.07, 6.45) is 5.86. The number of aliphatic carboxylic acids is 1. The summed E-state index contributed by atoms with van der Waals surface area (Å²) in [7, 11) is 0. The first-order chi connectivity index (χ1) is 7.25. The largest absolute Gasteiger partial charge is 0.481 e. The SMILES string of the molecule is O=C(O)Cc1cccc(C2=CCCC2)c1. The Kier molecular flexibility index (Phi) is 2.86. The lowest BCUT2D eigenvalue weighted by molar-refractivity contribution is -0.136. The molecule has 0 radical (unpaired) electrons. The number of carboxylic acid groups (broad SMARTS) is 1. The second-order valence-electron chi connectivity index (χ2n) is 3.89. The van der Waals surface area contributed by atoms with Crippen LogP contribution in [-0.4, -0.2) is 11.1 Å². The molecule has 2 rings (SSSR count). The Hall–Kier alpha value is -1.57. The summed E-state index contributed by atoms with van der Waals surface area (Å²) in [5.74, 6) is -0.771. The van der Waals surface area contributed by atoms with E-state index in [2.05, 4.69) is 12.1 Å². The Labute approximate surface area is 89.2 Å². The van der Waals surface area contributed by atoms with E-state index in [1.807, 2.05) is 18.2 Å². The van der Waals surface area contributed by atoms with E-state index in [-0.39, 0.29) is 6.42 Å². The van der Waals surface area contributed by atoms with Crippen molar-refractivity contribution >= 4 is 11.5 Å². The van der Waals surface area contributed by atoms with Gasteiger partial charge in [0.2, 0.25) is 0 Å². The standard InChI is InChI=1S/C13H14O2/c14-13(15)9-10-4-3-7-12(8-10)11-5-1-2-6-11/h3-5,7-8H,1-2,6,9H2,(H,14,15). The Morgan fingerprint density at radius 1 is 1.40 bits per heavy atom. The molecule has 0 saturated carbocycles. The predicted molar refractivity (Wildman–Crippen MR) is 59.6 cm³/mol. The van der Waals surface area contributed by atoms with Gasteiger partial charge in [0, 0.05) is 0 Å². The van der Waals surface area contributed by atoms with Crippen LogP contribution in [0.4, 0.5) is 0 Å². The highest BCUT2D eigenvalue weighted by Gasteiger charge is 2.08. The summed E-state index contributed by atoms with van der Waals surface area (Å²) in [6.45, 7) is 0. The van der Waals surface area contributed by atoms with E-state index in [1.165, 1.54) is 17.6 Å². The van der Waals surface area contributed by atoms with E-state index in [0.717, 1.165) is 18.4 Å². The molecule has 0 heterocycles. The molecule has 0 spiro atoms. The summed E-state index contributed by atoms with van der Waals surface area (Å²) in [6, 6.07) is 7.85. The quantitative estimate of drug-likeness (QED) is 0.818. The number of hydrogen-bond acceptors (Lipinski definition) is 1. The third kappa shape index (κ3) is 2.46. The third-order valence-corrected chi connectivity index (χ3v) is 2.69. The van der Waals surface area contributed by atoms with Gasteiger partial charge in [0.25, 0.3) is 0 Å².